The Hall–Kier alpha value is -1.89. The van der Waals surface area contributed by atoms with Crippen molar-refractivity contribution in [3.8, 4) is 17.1 Å². The third-order valence-electron chi connectivity index (χ3n) is 3.34. The van der Waals surface area contributed by atoms with Crippen LogP contribution in [0.15, 0.2) is 47.6 Å². The van der Waals surface area contributed by atoms with Gasteiger partial charge >= 0.3 is 0 Å². The molecule has 0 fully saturated rings. The van der Waals surface area contributed by atoms with Gasteiger partial charge in [0.15, 0.2) is 5.82 Å². The lowest BCUT2D eigenvalue weighted by molar-refractivity contribution is 0.414. The van der Waals surface area contributed by atoms with E-state index in [-0.39, 0.29) is 0 Å². The molecule has 0 unspecified atom stereocenters. The van der Waals surface area contributed by atoms with Gasteiger partial charge in [0.2, 0.25) is 5.16 Å². The third-order valence-corrected chi connectivity index (χ3v) is 4.91. The van der Waals surface area contributed by atoms with Crippen molar-refractivity contribution in [2.45, 2.75) is 10.9 Å². The molecular weight excluding hydrogens is 367 g/mol. The Morgan fingerprint density at radius 1 is 1.17 bits per heavy atom. The predicted molar refractivity (Wildman–Crippen MR) is 98.2 cm³/mol. The van der Waals surface area contributed by atoms with E-state index in [4.69, 9.17) is 33.8 Å². The molecule has 0 saturated carbocycles. The van der Waals surface area contributed by atoms with Crippen molar-refractivity contribution in [3.05, 3.63) is 58.1 Å². The van der Waals surface area contributed by atoms with Crippen molar-refractivity contribution in [2.24, 2.45) is 0 Å². The molecule has 3 aromatic rings. The van der Waals surface area contributed by atoms with E-state index in [0.29, 0.717) is 32.3 Å². The number of hydrogen-bond donors (Lipinski definition) is 1. The maximum absolute atomic E-state index is 6.20. The van der Waals surface area contributed by atoms with Gasteiger partial charge in [0.1, 0.15) is 5.75 Å². The van der Waals surface area contributed by atoms with Crippen LogP contribution in [0.2, 0.25) is 10.0 Å². The Bertz CT molecular complexity index is 869. The van der Waals surface area contributed by atoms with Crippen LogP contribution in [0.1, 0.15) is 5.56 Å². The summed E-state index contributed by atoms with van der Waals surface area (Å²) in [6.07, 6.45) is 0. The Labute approximate surface area is 153 Å². The minimum Gasteiger partial charge on any atom is -0.497 e. The van der Waals surface area contributed by atoms with E-state index >= 15 is 0 Å². The molecule has 0 amide bonds. The topological polar surface area (TPSA) is 66.0 Å². The first kappa shape index (κ1) is 17.0. The number of ether oxygens (including phenoxy) is 1. The highest BCUT2D eigenvalue weighted by Gasteiger charge is 2.15. The van der Waals surface area contributed by atoms with Crippen LogP contribution in [0.25, 0.3) is 11.4 Å². The Morgan fingerprint density at radius 3 is 2.79 bits per heavy atom. The van der Waals surface area contributed by atoms with E-state index in [2.05, 4.69) is 10.2 Å². The van der Waals surface area contributed by atoms with Gasteiger partial charge in [0.25, 0.3) is 0 Å². The average molecular weight is 381 g/mol. The van der Waals surface area contributed by atoms with Gasteiger partial charge in [-0.05, 0) is 35.9 Å². The molecule has 24 heavy (non-hydrogen) atoms. The molecule has 0 atom stereocenters. The van der Waals surface area contributed by atoms with E-state index < -0.39 is 0 Å². The summed E-state index contributed by atoms with van der Waals surface area (Å²) in [5.74, 6) is 8.09. The molecule has 0 spiro atoms. The van der Waals surface area contributed by atoms with Crippen LogP contribution in [0.5, 0.6) is 5.75 Å². The molecule has 0 aliphatic carbocycles. The summed E-state index contributed by atoms with van der Waals surface area (Å²) in [7, 11) is 1.64. The van der Waals surface area contributed by atoms with Gasteiger partial charge in [-0.15, -0.1) is 10.2 Å². The second kappa shape index (κ2) is 7.34. The minimum absolute atomic E-state index is 0.468. The second-order valence-corrected chi connectivity index (χ2v) is 6.73. The maximum atomic E-state index is 6.20. The monoisotopic (exact) mass is 380 g/mol. The molecule has 1 aromatic heterocycles. The number of nitrogens with zero attached hydrogens (tertiary/aromatic N) is 3. The van der Waals surface area contributed by atoms with Gasteiger partial charge < -0.3 is 10.6 Å². The lowest BCUT2D eigenvalue weighted by Gasteiger charge is -2.06. The highest BCUT2D eigenvalue weighted by atomic mass is 35.5. The van der Waals surface area contributed by atoms with Crippen LogP contribution in [-0.2, 0) is 5.75 Å². The molecular formula is C16H14Cl2N4OS. The van der Waals surface area contributed by atoms with Gasteiger partial charge in [0.05, 0.1) is 12.1 Å². The lowest BCUT2D eigenvalue weighted by Crippen LogP contribution is -2.11. The van der Waals surface area contributed by atoms with Gasteiger partial charge in [-0.25, -0.2) is 4.68 Å². The van der Waals surface area contributed by atoms with E-state index in [1.54, 1.807) is 25.3 Å². The molecule has 2 N–H and O–H groups in total. The predicted octanol–water partition coefficient (Wildman–Crippen LogP) is 4.27. The summed E-state index contributed by atoms with van der Waals surface area (Å²) in [5, 5.41) is 9.93. The van der Waals surface area contributed by atoms with E-state index in [0.717, 1.165) is 11.3 Å². The largest absolute Gasteiger partial charge is 0.497 e. The smallest absolute Gasteiger partial charge is 0.210 e. The highest BCUT2D eigenvalue weighted by molar-refractivity contribution is 7.98. The Kier molecular flexibility index (Phi) is 5.18. The Morgan fingerprint density at radius 2 is 2.00 bits per heavy atom. The number of methoxy groups -OCH3 is 1. The van der Waals surface area contributed by atoms with Crippen molar-refractivity contribution in [3.63, 3.8) is 0 Å². The fraction of sp³-hybridized carbons (Fsp3) is 0.125. The van der Waals surface area contributed by atoms with Crippen molar-refractivity contribution in [1.29, 1.82) is 0 Å². The molecule has 0 bridgehead atoms. The Balaban J connectivity index is 1.81. The molecule has 3 rings (SSSR count). The molecule has 5 nitrogen and oxygen atoms in total. The molecule has 0 saturated heterocycles. The van der Waals surface area contributed by atoms with E-state index in [1.165, 1.54) is 16.4 Å². The third kappa shape index (κ3) is 3.61. The average Bonchev–Trinajstić information content (AvgIpc) is 2.96. The van der Waals surface area contributed by atoms with Crippen LogP contribution in [0.4, 0.5) is 0 Å². The zero-order chi connectivity index (χ0) is 17.1. The first-order valence-electron chi connectivity index (χ1n) is 7.00. The van der Waals surface area contributed by atoms with Crippen LogP contribution < -0.4 is 10.6 Å². The standard InChI is InChI=1S/C16H14Cl2N4OS/c1-23-12-4-2-3-10(7-12)9-24-16-21-20-15(22(16)19)13-8-11(17)5-6-14(13)18/h2-8H,9,19H2,1H3. The number of halogens is 2. The fourth-order valence-corrected chi connectivity index (χ4v) is 3.31. The zero-order valence-corrected chi connectivity index (χ0v) is 15.1. The molecule has 2 aromatic carbocycles. The van der Waals surface area contributed by atoms with Gasteiger partial charge in [-0.2, -0.15) is 0 Å². The molecule has 124 valence electrons. The van der Waals surface area contributed by atoms with Crippen LogP contribution in [0.3, 0.4) is 0 Å². The molecule has 0 aliphatic heterocycles. The van der Waals surface area contributed by atoms with E-state index in [1.807, 2.05) is 24.3 Å². The summed E-state index contributed by atoms with van der Waals surface area (Å²) in [5.41, 5.74) is 1.75. The summed E-state index contributed by atoms with van der Waals surface area (Å²) in [6, 6.07) is 13.0. The van der Waals surface area contributed by atoms with Crippen molar-refractivity contribution in [1.82, 2.24) is 14.9 Å². The summed E-state index contributed by atoms with van der Waals surface area (Å²) >= 11 is 13.7. The summed E-state index contributed by atoms with van der Waals surface area (Å²) in [4.78, 5) is 0. The van der Waals surface area contributed by atoms with Crippen molar-refractivity contribution < 1.29 is 4.74 Å². The number of rotatable bonds is 5. The second-order valence-electron chi connectivity index (χ2n) is 4.94. The van der Waals surface area contributed by atoms with Crippen molar-refractivity contribution >= 4 is 35.0 Å². The van der Waals surface area contributed by atoms with Gasteiger partial charge in [-0.1, -0.05) is 47.1 Å². The molecule has 0 aliphatic rings. The van der Waals surface area contributed by atoms with Crippen molar-refractivity contribution in [2.75, 3.05) is 13.0 Å². The van der Waals surface area contributed by atoms with E-state index in [9.17, 15) is 0 Å². The van der Waals surface area contributed by atoms with Crippen LogP contribution in [-0.4, -0.2) is 22.0 Å². The zero-order valence-electron chi connectivity index (χ0n) is 12.7. The molecule has 8 heteroatoms. The quantitative estimate of drug-likeness (QED) is 0.528. The summed E-state index contributed by atoms with van der Waals surface area (Å²) < 4.78 is 6.64. The lowest BCUT2D eigenvalue weighted by atomic mass is 10.2. The molecule has 1 heterocycles. The number of thioether (sulfide) groups is 1. The normalized spacial score (nSPS) is 10.8. The number of aromatic nitrogens is 3. The van der Waals surface area contributed by atoms with Crippen LogP contribution in [0, 0.1) is 0 Å². The first-order valence-corrected chi connectivity index (χ1v) is 8.74. The SMILES string of the molecule is COc1cccc(CSc2nnc(-c3cc(Cl)ccc3Cl)n2N)c1. The fourth-order valence-electron chi connectivity index (χ4n) is 2.14. The first-order chi connectivity index (χ1) is 11.6. The molecule has 0 radical (unpaired) electrons. The van der Waals surface area contributed by atoms with Crippen LogP contribution >= 0.6 is 35.0 Å². The number of nitrogen functional groups attached to an aromatic ring is 1. The number of nitrogens with two attached hydrogens (primary N) is 1. The summed E-state index contributed by atoms with van der Waals surface area (Å²) in [6.45, 7) is 0. The number of hydrogen-bond acceptors (Lipinski definition) is 5. The van der Waals surface area contributed by atoms with Gasteiger partial charge in [0, 0.05) is 16.3 Å². The van der Waals surface area contributed by atoms with Gasteiger partial charge in [-0.3, -0.25) is 0 Å². The number of benzene rings is 2. The maximum Gasteiger partial charge on any atom is 0.210 e. The minimum atomic E-state index is 0.468. The highest BCUT2D eigenvalue weighted by Crippen LogP contribution is 2.31.